The maximum absolute atomic E-state index is 12.7. The van der Waals surface area contributed by atoms with Crippen molar-refractivity contribution >= 4 is 43.0 Å². The van der Waals surface area contributed by atoms with Crippen LogP contribution in [0.25, 0.3) is 0 Å². The van der Waals surface area contributed by atoms with Crippen molar-refractivity contribution in [3.63, 3.8) is 0 Å². The van der Waals surface area contributed by atoms with Crippen LogP contribution < -0.4 is 19.5 Å². The average molecular weight is 538 g/mol. The van der Waals surface area contributed by atoms with Crippen molar-refractivity contribution in [1.82, 2.24) is 0 Å². The quantitative estimate of drug-likeness (QED) is 0.287. The minimum Gasteiger partial charge on any atom is -0.497 e. The van der Waals surface area contributed by atoms with Crippen LogP contribution in [0.3, 0.4) is 0 Å². The Labute approximate surface area is 215 Å². The van der Waals surface area contributed by atoms with Crippen molar-refractivity contribution in [2.45, 2.75) is 9.79 Å². The van der Waals surface area contributed by atoms with E-state index in [2.05, 4.69) is 14.8 Å². The van der Waals surface area contributed by atoms with Gasteiger partial charge in [0.2, 0.25) is 0 Å². The van der Waals surface area contributed by atoms with Crippen LogP contribution in [0, 0.1) is 0 Å². The molecular weight excluding hydrogens is 514 g/mol. The molecule has 0 aliphatic rings. The van der Waals surface area contributed by atoms with Gasteiger partial charge in [-0.15, -0.1) is 0 Å². The SMILES string of the molecule is COc1ccc(NS(=O)(=O)c2ccc(NC(=O)c3cccc(NS(=O)(=O)c4ccccc4)c3)cc2)cc1. The fraction of sp³-hybridized carbons (Fsp3) is 0.0385. The van der Waals surface area contributed by atoms with Crippen LogP contribution in [0.15, 0.2) is 113 Å². The van der Waals surface area contributed by atoms with Crippen molar-refractivity contribution in [2.75, 3.05) is 21.9 Å². The van der Waals surface area contributed by atoms with Crippen LogP contribution in [0.2, 0.25) is 0 Å². The molecule has 0 spiro atoms. The lowest BCUT2D eigenvalue weighted by Gasteiger charge is -2.11. The molecule has 1 amide bonds. The predicted octanol–water partition coefficient (Wildman–Crippen LogP) is 4.55. The molecule has 0 aliphatic heterocycles. The topological polar surface area (TPSA) is 131 Å². The number of amides is 1. The van der Waals surface area contributed by atoms with Crippen LogP contribution in [0.5, 0.6) is 5.75 Å². The van der Waals surface area contributed by atoms with Gasteiger partial charge in [-0.05, 0) is 78.9 Å². The van der Waals surface area contributed by atoms with E-state index in [1.54, 1.807) is 48.5 Å². The average Bonchev–Trinajstić information content (AvgIpc) is 2.89. The molecule has 0 saturated carbocycles. The first-order valence-electron chi connectivity index (χ1n) is 10.9. The first-order chi connectivity index (χ1) is 17.7. The van der Waals surface area contributed by atoms with Crippen molar-refractivity contribution in [3.8, 4) is 5.75 Å². The Morgan fingerprint density at radius 3 is 1.81 bits per heavy atom. The number of methoxy groups -OCH3 is 1. The number of ether oxygens (including phenoxy) is 1. The van der Waals surface area contributed by atoms with Crippen molar-refractivity contribution in [1.29, 1.82) is 0 Å². The lowest BCUT2D eigenvalue weighted by atomic mass is 10.2. The molecule has 4 rings (SSSR count). The Hall–Kier alpha value is -4.35. The highest BCUT2D eigenvalue weighted by Gasteiger charge is 2.16. The molecule has 0 heterocycles. The Bertz CT molecular complexity index is 1610. The van der Waals surface area contributed by atoms with Gasteiger partial charge in [-0.25, -0.2) is 16.8 Å². The molecule has 4 aromatic carbocycles. The van der Waals surface area contributed by atoms with E-state index >= 15 is 0 Å². The third-order valence-electron chi connectivity index (χ3n) is 5.20. The molecule has 37 heavy (non-hydrogen) atoms. The molecule has 0 fully saturated rings. The van der Waals surface area contributed by atoms with E-state index in [-0.39, 0.29) is 21.0 Å². The molecule has 11 heteroatoms. The largest absolute Gasteiger partial charge is 0.497 e. The van der Waals surface area contributed by atoms with Gasteiger partial charge in [-0.3, -0.25) is 14.2 Å². The number of rotatable bonds is 9. The summed E-state index contributed by atoms with van der Waals surface area (Å²) in [4.78, 5) is 12.9. The lowest BCUT2D eigenvalue weighted by Crippen LogP contribution is -2.15. The number of carbonyl (C=O) groups excluding carboxylic acids is 1. The minimum atomic E-state index is -3.84. The van der Waals surface area contributed by atoms with Crippen LogP contribution in [0.4, 0.5) is 17.1 Å². The molecular formula is C26H23N3O6S2. The molecule has 0 bridgehead atoms. The van der Waals surface area contributed by atoms with E-state index in [0.29, 0.717) is 17.1 Å². The third-order valence-corrected chi connectivity index (χ3v) is 7.99. The molecule has 0 aromatic heterocycles. The van der Waals surface area contributed by atoms with Gasteiger partial charge in [0.15, 0.2) is 0 Å². The van der Waals surface area contributed by atoms with E-state index in [4.69, 9.17) is 4.74 Å². The van der Waals surface area contributed by atoms with Crippen LogP contribution in [0.1, 0.15) is 10.4 Å². The van der Waals surface area contributed by atoms with Crippen LogP contribution in [-0.4, -0.2) is 29.9 Å². The summed E-state index contributed by atoms with van der Waals surface area (Å²) >= 11 is 0. The van der Waals surface area contributed by atoms with E-state index in [9.17, 15) is 21.6 Å². The second kappa shape index (κ2) is 10.7. The fourth-order valence-corrected chi connectivity index (χ4v) is 5.46. The molecule has 0 saturated heterocycles. The van der Waals surface area contributed by atoms with Crippen LogP contribution in [-0.2, 0) is 20.0 Å². The van der Waals surface area contributed by atoms with E-state index < -0.39 is 26.0 Å². The summed E-state index contributed by atoms with van der Waals surface area (Å²) in [6, 6.07) is 26.0. The zero-order valence-corrected chi connectivity index (χ0v) is 21.2. The van der Waals surface area contributed by atoms with Crippen molar-refractivity contribution in [3.05, 3.63) is 109 Å². The number of nitrogens with one attached hydrogen (secondary N) is 3. The molecule has 190 valence electrons. The van der Waals surface area contributed by atoms with E-state index in [1.165, 1.54) is 61.7 Å². The Kier molecular flexibility index (Phi) is 7.46. The van der Waals surface area contributed by atoms with Gasteiger partial charge in [0.1, 0.15) is 5.75 Å². The number of hydrogen-bond acceptors (Lipinski definition) is 6. The normalized spacial score (nSPS) is 11.4. The van der Waals surface area contributed by atoms with Crippen molar-refractivity contribution < 1.29 is 26.4 Å². The number of benzene rings is 4. The van der Waals surface area contributed by atoms with Gasteiger partial charge in [0.05, 0.1) is 16.9 Å². The molecule has 0 aliphatic carbocycles. The predicted molar refractivity (Wildman–Crippen MR) is 142 cm³/mol. The Morgan fingerprint density at radius 2 is 1.19 bits per heavy atom. The monoisotopic (exact) mass is 537 g/mol. The smallest absolute Gasteiger partial charge is 0.261 e. The summed E-state index contributed by atoms with van der Waals surface area (Å²) in [7, 11) is -6.14. The summed E-state index contributed by atoms with van der Waals surface area (Å²) in [5.74, 6) is 0.106. The summed E-state index contributed by atoms with van der Waals surface area (Å²) in [5, 5.41) is 2.68. The van der Waals surface area contributed by atoms with Gasteiger partial charge in [0, 0.05) is 22.6 Å². The second-order valence-electron chi connectivity index (χ2n) is 7.81. The number of carbonyl (C=O) groups is 1. The maximum Gasteiger partial charge on any atom is 0.261 e. The van der Waals surface area contributed by atoms with E-state index in [0.717, 1.165) is 0 Å². The highest BCUT2D eigenvalue weighted by molar-refractivity contribution is 7.93. The van der Waals surface area contributed by atoms with Gasteiger partial charge in [-0.1, -0.05) is 24.3 Å². The standard InChI is InChI=1S/C26H23N3O6S2/c1-35-23-14-10-21(11-15-23)28-37(33,34)25-16-12-20(13-17-25)27-26(30)19-6-5-7-22(18-19)29-36(31,32)24-8-3-2-4-9-24/h2-18,28-29H,1H3,(H,27,30). The molecule has 0 radical (unpaired) electrons. The second-order valence-corrected chi connectivity index (χ2v) is 11.2. The molecule has 3 N–H and O–H groups in total. The summed E-state index contributed by atoms with van der Waals surface area (Å²) in [6.45, 7) is 0. The zero-order chi connectivity index (χ0) is 26.5. The van der Waals surface area contributed by atoms with Crippen molar-refractivity contribution in [2.24, 2.45) is 0 Å². The Balaban J connectivity index is 1.43. The van der Waals surface area contributed by atoms with Gasteiger partial charge in [-0.2, -0.15) is 0 Å². The minimum absolute atomic E-state index is 0.0126. The number of hydrogen-bond donors (Lipinski definition) is 3. The fourth-order valence-electron chi connectivity index (χ4n) is 3.33. The Morgan fingerprint density at radius 1 is 0.622 bits per heavy atom. The molecule has 0 atom stereocenters. The van der Waals surface area contributed by atoms with Gasteiger partial charge in [0.25, 0.3) is 26.0 Å². The zero-order valence-electron chi connectivity index (χ0n) is 19.6. The third kappa shape index (κ3) is 6.46. The molecule has 0 unspecified atom stereocenters. The highest BCUT2D eigenvalue weighted by atomic mass is 32.2. The van der Waals surface area contributed by atoms with Gasteiger partial charge < -0.3 is 10.1 Å². The highest BCUT2D eigenvalue weighted by Crippen LogP contribution is 2.22. The molecule has 4 aromatic rings. The van der Waals surface area contributed by atoms with Gasteiger partial charge >= 0.3 is 0 Å². The molecule has 9 nitrogen and oxygen atoms in total. The van der Waals surface area contributed by atoms with E-state index in [1.807, 2.05) is 0 Å². The summed E-state index contributed by atoms with van der Waals surface area (Å²) in [6.07, 6.45) is 0. The summed E-state index contributed by atoms with van der Waals surface area (Å²) < 4.78 is 60.5. The maximum atomic E-state index is 12.7. The number of sulfonamides is 2. The summed E-state index contributed by atoms with van der Waals surface area (Å²) in [5.41, 5.74) is 1.18. The van der Waals surface area contributed by atoms with Crippen LogP contribution >= 0.6 is 0 Å². The first kappa shape index (κ1) is 25.7. The lowest BCUT2D eigenvalue weighted by molar-refractivity contribution is 0.102. The first-order valence-corrected chi connectivity index (χ1v) is 13.9. The number of anilines is 3.